The van der Waals surface area contributed by atoms with E-state index in [1.54, 1.807) is 0 Å². The molecule has 0 aliphatic rings. The fourth-order valence-electron chi connectivity index (χ4n) is 1.97. The monoisotopic (exact) mass is 247 g/mol. The Kier molecular flexibility index (Phi) is 7.16. The van der Waals surface area contributed by atoms with E-state index in [0.29, 0.717) is 0 Å². The van der Waals surface area contributed by atoms with E-state index in [9.17, 15) is 4.79 Å². The lowest BCUT2D eigenvalue weighted by Crippen LogP contribution is -2.20. The molecule has 1 rings (SSSR count). The van der Waals surface area contributed by atoms with Crippen LogP contribution in [0.15, 0.2) is 30.3 Å². The molecule has 1 amide bonds. The Hall–Kier alpha value is -1.31. The number of benzene rings is 1. The molecular formula is C16H25NO. The van der Waals surface area contributed by atoms with E-state index in [2.05, 4.69) is 12.2 Å². The highest BCUT2D eigenvalue weighted by Crippen LogP contribution is 2.14. The number of carbonyl (C=O) groups excluding carboxylic acids is 1. The van der Waals surface area contributed by atoms with Crippen LogP contribution in [0.25, 0.3) is 0 Å². The Labute approximate surface area is 111 Å². The number of para-hydroxylation sites is 1. The van der Waals surface area contributed by atoms with Crippen LogP contribution in [0.2, 0.25) is 0 Å². The van der Waals surface area contributed by atoms with Crippen molar-refractivity contribution in [1.29, 1.82) is 0 Å². The first-order valence-electron chi connectivity index (χ1n) is 7.10. The van der Waals surface area contributed by atoms with E-state index in [4.69, 9.17) is 0 Å². The van der Waals surface area contributed by atoms with Crippen LogP contribution >= 0.6 is 0 Å². The molecule has 2 nitrogen and oxygen atoms in total. The molecule has 1 atom stereocenters. The van der Waals surface area contributed by atoms with Gasteiger partial charge in [0.1, 0.15) is 0 Å². The highest BCUT2D eigenvalue weighted by molar-refractivity contribution is 5.92. The SMILES string of the molecule is CCCCCCCC(C)C(=O)Nc1ccccc1. The maximum atomic E-state index is 11.9. The molecule has 1 unspecified atom stereocenters. The van der Waals surface area contributed by atoms with Crippen molar-refractivity contribution in [3.63, 3.8) is 0 Å². The number of rotatable bonds is 8. The summed E-state index contributed by atoms with van der Waals surface area (Å²) in [7, 11) is 0. The second-order valence-electron chi connectivity index (χ2n) is 4.96. The van der Waals surface area contributed by atoms with Gasteiger partial charge in [-0.05, 0) is 18.6 Å². The first kappa shape index (κ1) is 14.7. The van der Waals surface area contributed by atoms with E-state index >= 15 is 0 Å². The van der Waals surface area contributed by atoms with E-state index in [-0.39, 0.29) is 11.8 Å². The summed E-state index contributed by atoms with van der Waals surface area (Å²) in [6, 6.07) is 9.67. The summed E-state index contributed by atoms with van der Waals surface area (Å²) in [6.45, 7) is 4.23. The predicted octanol–water partition coefficient (Wildman–Crippen LogP) is 4.62. The minimum Gasteiger partial charge on any atom is -0.326 e. The summed E-state index contributed by atoms with van der Waals surface area (Å²) in [5.41, 5.74) is 0.889. The summed E-state index contributed by atoms with van der Waals surface area (Å²) in [5.74, 6) is 0.239. The van der Waals surface area contributed by atoms with Gasteiger partial charge in [-0.25, -0.2) is 0 Å². The summed E-state index contributed by atoms with van der Waals surface area (Å²) in [6.07, 6.45) is 7.26. The van der Waals surface area contributed by atoms with Crippen LogP contribution in [0.3, 0.4) is 0 Å². The number of anilines is 1. The molecule has 2 heteroatoms. The molecule has 0 heterocycles. The highest BCUT2D eigenvalue weighted by atomic mass is 16.1. The van der Waals surface area contributed by atoms with Crippen LogP contribution in [-0.2, 0) is 4.79 Å². The van der Waals surface area contributed by atoms with Crippen molar-refractivity contribution < 1.29 is 4.79 Å². The fraction of sp³-hybridized carbons (Fsp3) is 0.562. The Morgan fingerprint density at radius 1 is 1.11 bits per heavy atom. The van der Waals surface area contributed by atoms with Gasteiger partial charge >= 0.3 is 0 Å². The minimum absolute atomic E-state index is 0.104. The number of carbonyl (C=O) groups is 1. The molecule has 0 aromatic heterocycles. The van der Waals surface area contributed by atoms with Crippen molar-refractivity contribution in [3.8, 4) is 0 Å². The Bertz CT molecular complexity index is 334. The van der Waals surface area contributed by atoms with Crippen molar-refractivity contribution in [2.24, 2.45) is 5.92 Å². The van der Waals surface area contributed by atoms with Crippen LogP contribution in [0.4, 0.5) is 5.69 Å². The van der Waals surface area contributed by atoms with Crippen molar-refractivity contribution in [2.75, 3.05) is 5.32 Å². The average Bonchev–Trinajstić information content (AvgIpc) is 2.39. The van der Waals surface area contributed by atoms with Gasteiger partial charge in [0.2, 0.25) is 5.91 Å². The molecule has 18 heavy (non-hydrogen) atoms. The maximum absolute atomic E-state index is 11.9. The quantitative estimate of drug-likeness (QED) is 0.667. The van der Waals surface area contributed by atoms with Gasteiger partial charge in [-0.1, -0.05) is 64.2 Å². The molecule has 1 N–H and O–H groups in total. The third kappa shape index (κ3) is 5.85. The fourth-order valence-corrected chi connectivity index (χ4v) is 1.97. The number of nitrogens with one attached hydrogen (secondary N) is 1. The Balaban J connectivity index is 2.21. The summed E-state index contributed by atoms with van der Waals surface area (Å²) in [5, 5.41) is 2.95. The summed E-state index contributed by atoms with van der Waals surface area (Å²) < 4.78 is 0. The van der Waals surface area contributed by atoms with Crippen molar-refractivity contribution >= 4 is 11.6 Å². The van der Waals surface area contributed by atoms with Gasteiger partial charge in [0.25, 0.3) is 0 Å². The summed E-state index contributed by atoms with van der Waals surface area (Å²) >= 11 is 0. The van der Waals surface area contributed by atoms with E-state index < -0.39 is 0 Å². The Morgan fingerprint density at radius 3 is 2.44 bits per heavy atom. The molecule has 1 aromatic carbocycles. The molecular weight excluding hydrogens is 222 g/mol. The normalized spacial score (nSPS) is 12.1. The van der Waals surface area contributed by atoms with Gasteiger partial charge < -0.3 is 5.32 Å². The smallest absolute Gasteiger partial charge is 0.227 e. The maximum Gasteiger partial charge on any atom is 0.227 e. The second-order valence-corrected chi connectivity index (χ2v) is 4.96. The first-order valence-corrected chi connectivity index (χ1v) is 7.10. The predicted molar refractivity (Wildman–Crippen MR) is 77.6 cm³/mol. The van der Waals surface area contributed by atoms with Gasteiger partial charge in [0, 0.05) is 11.6 Å². The van der Waals surface area contributed by atoms with Crippen molar-refractivity contribution in [2.45, 2.75) is 52.4 Å². The van der Waals surface area contributed by atoms with Gasteiger partial charge in [-0.3, -0.25) is 4.79 Å². The van der Waals surface area contributed by atoms with E-state index in [1.807, 2.05) is 37.3 Å². The van der Waals surface area contributed by atoms with Gasteiger partial charge in [0.15, 0.2) is 0 Å². The molecule has 0 saturated carbocycles. The third-order valence-corrected chi connectivity index (χ3v) is 3.23. The summed E-state index contributed by atoms with van der Waals surface area (Å²) in [4.78, 5) is 11.9. The van der Waals surface area contributed by atoms with Gasteiger partial charge in [-0.2, -0.15) is 0 Å². The zero-order valence-electron chi connectivity index (χ0n) is 11.6. The van der Waals surface area contributed by atoms with Gasteiger partial charge in [0.05, 0.1) is 0 Å². The minimum atomic E-state index is 0.104. The molecule has 0 aliphatic carbocycles. The lowest BCUT2D eigenvalue weighted by atomic mass is 10.0. The topological polar surface area (TPSA) is 29.1 Å². The molecule has 0 bridgehead atoms. The lowest BCUT2D eigenvalue weighted by molar-refractivity contribution is -0.119. The van der Waals surface area contributed by atoms with E-state index in [0.717, 1.165) is 18.5 Å². The van der Waals surface area contributed by atoms with E-state index in [1.165, 1.54) is 25.7 Å². The average molecular weight is 247 g/mol. The van der Waals surface area contributed by atoms with Crippen LogP contribution in [0.1, 0.15) is 52.4 Å². The standard InChI is InChI=1S/C16H25NO/c1-3-4-5-6-8-11-14(2)16(18)17-15-12-9-7-10-13-15/h7,9-10,12-14H,3-6,8,11H2,1-2H3,(H,17,18). The van der Waals surface area contributed by atoms with Crippen molar-refractivity contribution in [3.05, 3.63) is 30.3 Å². The molecule has 0 fully saturated rings. The first-order chi connectivity index (χ1) is 8.74. The second kappa shape index (κ2) is 8.73. The van der Waals surface area contributed by atoms with Crippen LogP contribution in [0.5, 0.6) is 0 Å². The van der Waals surface area contributed by atoms with Crippen LogP contribution < -0.4 is 5.32 Å². The zero-order valence-corrected chi connectivity index (χ0v) is 11.6. The molecule has 1 aromatic rings. The van der Waals surface area contributed by atoms with Crippen LogP contribution in [-0.4, -0.2) is 5.91 Å². The molecule has 100 valence electrons. The molecule has 0 saturated heterocycles. The van der Waals surface area contributed by atoms with Gasteiger partial charge in [-0.15, -0.1) is 0 Å². The molecule has 0 radical (unpaired) electrons. The Morgan fingerprint density at radius 2 is 1.78 bits per heavy atom. The van der Waals surface area contributed by atoms with Crippen LogP contribution in [0, 0.1) is 5.92 Å². The number of hydrogen-bond acceptors (Lipinski definition) is 1. The largest absolute Gasteiger partial charge is 0.326 e. The van der Waals surface area contributed by atoms with Crippen molar-refractivity contribution in [1.82, 2.24) is 0 Å². The lowest BCUT2D eigenvalue weighted by Gasteiger charge is -2.11. The molecule has 0 aliphatic heterocycles. The zero-order chi connectivity index (χ0) is 13.2. The molecule has 0 spiro atoms. The highest BCUT2D eigenvalue weighted by Gasteiger charge is 2.12. The third-order valence-electron chi connectivity index (χ3n) is 3.23. The number of unbranched alkanes of at least 4 members (excludes halogenated alkanes) is 4. The number of hydrogen-bond donors (Lipinski definition) is 1. The number of amides is 1.